The second-order valence-electron chi connectivity index (χ2n) is 5.12. The van der Waals surface area contributed by atoms with Gasteiger partial charge in [-0.1, -0.05) is 20.8 Å². The van der Waals surface area contributed by atoms with Gasteiger partial charge in [-0.05, 0) is 25.2 Å². The van der Waals surface area contributed by atoms with Crippen LogP contribution in [0.4, 0.5) is 4.79 Å². The zero-order valence-corrected chi connectivity index (χ0v) is 10.3. The second kappa shape index (κ2) is 6.67. The Morgan fingerprint density at radius 3 is 2.47 bits per heavy atom. The predicted octanol–water partition coefficient (Wildman–Crippen LogP) is 1.49. The highest BCUT2D eigenvalue weighted by molar-refractivity contribution is 5.74. The lowest BCUT2D eigenvalue weighted by atomic mass is 9.89. The van der Waals surface area contributed by atoms with E-state index in [-0.39, 0.29) is 18.7 Å². The molecule has 0 aliphatic rings. The Kier molecular flexibility index (Phi) is 6.32. The topological polar surface area (TPSA) is 61.4 Å². The Morgan fingerprint density at radius 1 is 1.40 bits per heavy atom. The lowest BCUT2D eigenvalue weighted by Gasteiger charge is -2.21. The summed E-state index contributed by atoms with van der Waals surface area (Å²) in [5.74, 6) is 0. The molecule has 15 heavy (non-hydrogen) atoms. The fourth-order valence-electron chi connectivity index (χ4n) is 1.17. The van der Waals surface area contributed by atoms with Crippen molar-refractivity contribution in [3.8, 4) is 0 Å². The van der Waals surface area contributed by atoms with Gasteiger partial charge in [-0.3, -0.25) is 0 Å². The van der Waals surface area contributed by atoms with Crippen LogP contribution in [0, 0.1) is 5.41 Å². The average molecular weight is 216 g/mol. The quantitative estimate of drug-likeness (QED) is 0.652. The summed E-state index contributed by atoms with van der Waals surface area (Å²) in [4.78, 5) is 11.2. The molecule has 0 aromatic heterocycles. The van der Waals surface area contributed by atoms with Crippen LogP contribution >= 0.6 is 0 Å². The molecule has 0 aliphatic carbocycles. The van der Waals surface area contributed by atoms with Gasteiger partial charge in [-0.25, -0.2) is 4.79 Å². The molecule has 1 atom stereocenters. The first-order chi connectivity index (χ1) is 6.85. The van der Waals surface area contributed by atoms with E-state index in [0.29, 0.717) is 12.0 Å². The van der Waals surface area contributed by atoms with Crippen LogP contribution in [0.5, 0.6) is 0 Å². The van der Waals surface area contributed by atoms with Crippen molar-refractivity contribution < 1.29 is 9.90 Å². The maximum atomic E-state index is 11.2. The molecule has 0 spiro atoms. The van der Waals surface area contributed by atoms with Crippen molar-refractivity contribution in [2.24, 2.45) is 5.41 Å². The summed E-state index contributed by atoms with van der Waals surface area (Å²) in [6, 6.07) is -0.0339. The van der Waals surface area contributed by atoms with Crippen LogP contribution < -0.4 is 10.6 Å². The number of rotatable bonds is 5. The van der Waals surface area contributed by atoms with E-state index in [1.54, 1.807) is 0 Å². The van der Waals surface area contributed by atoms with Gasteiger partial charge in [0.1, 0.15) is 0 Å². The Morgan fingerprint density at radius 2 is 2.00 bits per heavy atom. The molecule has 3 N–H and O–H groups in total. The van der Waals surface area contributed by atoms with Gasteiger partial charge < -0.3 is 15.7 Å². The highest BCUT2D eigenvalue weighted by atomic mass is 16.3. The van der Waals surface area contributed by atoms with Gasteiger partial charge in [-0.2, -0.15) is 0 Å². The third-order valence-electron chi connectivity index (χ3n) is 2.10. The van der Waals surface area contributed by atoms with Crippen molar-refractivity contribution in [3.63, 3.8) is 0 Å². The Labute approximate surface area is 92.4 Å². The summed E-state index contributed by atoms with van der Waals surface area (Å²) in [7, 11) is 0. The normalized spacial score (nSPS) is 13.4. The van der Waals surface area contributed by atoms with Gasteiger partial charge in [0.25, 0.3) is 0 Å². The SMILES string of the molecule is CC(CCC(C)(C)C)NC(=O)NCCO. The van der Waals surface area contributed by atoms with Gasteiger partial charge in [0.2, 0.25) is 0 Å². The average Bonchev–Trinajstić information content (AvgIpc) is 2.10. The van der Waals surface area contributed by atoms with Crippen LogP contribution in [0.3, 0.4) is 0 Å². The van der Waals surface area contributed by atoms with E-state index >= 15 is 0 Å². The third kappa shape index (κ3) is 9.53. The summed E-state index contributed by atoms with van der Waals surface area (Å²) >= 11 is 0. The van der Waals surface area contributed by atoms with Crippen LogP contribution in [0.25, 0.3) is 0 Å². The van der Waals surface area contributed by atoms with Crippen LogP contribution in [-0.2, 0) is 0 Å². The monoisotopic (exact) mass is 216 g/mol. The van der Waals surface area contributed by atoms with Crippen molar-refractivity contribution in [2.45, 2.75) is 46.6 Å². The zero-order valence-electron chi connectivity index (χ0n) is 10.3. The minimum absolute atomic E-state index is 0.0240. The van der Waals surface area contributed by atoms with Crippen molar-refractivity contribution in [2.75, 3.05) is 13.2 Å². The molecule has 0 aromatic rings. The first-order valence-electron chi connectivity index (χ1n) is 5.50. The number of urea groups is 1. The van der Waals surface area contributed by atoms with E-state index in [4.69, 9.17) is 5.11 Å². The molecule has 2 amide bonds. The Bertz CT molecular complexity index is 188. The highest BCUT2D eigenvalue weighted by Gasteiger charge is 2.13. The van der Waals surface area contributed by atoms with Gasteiger partial charge in [0, 0.05) is 12.6 Å². The number of carbonyl (C=O) groups is 1. The third-order valence-corrected chi connectivity index (χ3v) is 2.10. The molecule has 90 valence electrons. The summed E-state index contributed by atoms with van der Waals surface area (Å²) in [6.07, 6.45) is 2.05. The van der Waals surface area contributed by atoms with Crippen LogP contribution in [0.1, 0.15) is 40.5 Å². The number of hydrogen-bond acceptors (Lipinski definition) is 2. The summed E-state index contributed by atoms with van der Waals surface area (Å²) < 4.78 is 0. The summed E-state index contributed by atoms with van der Waals surface area (Å²) in [5.41, 5.74) is 0.303. The van der Waals surface area contributed by atoms with Gasteiger partial charge in [-0.15, -0.1) is 0 Å². The molecule has 4 heteroatoms. The van der Waals surface area contributed by atoms with E-state index < -0.39 is 0 Å². The van der Waals surface area contributed by atoms with Crippen molar-refractivity contribution in [1.29, 1.82) is 0 Å². The molecule has 0 heterocycles. The maximum absolute atomic E-state index is 11.2. The number of hydrogen-bond donors (Lipinski definition) is 3. The van der Waals surface area contributed by atoms with Crippen molar-refractivity contribution in [3.05, 3.63) is 0 Å². The molecule has 4 nitrogen and oxygen atoms in total. The molecule has 0 fully saturated rings. The first kappa shape index (κ1) is 14.2. The van der Waals surface area contributed by atoms with Crippen molar-refractivity contribution in [1.82, 2.24) is 10.6 Å². The largest absolute Gasteiger partial charge is 0.395 e. The number of amides is 2. The summed E-state index contributed by atoms with van der Waals surface area (Å²) in [5, 5.41) is 13.9. The molecular weight excluding hydrogens is 192 g/mol. The van der Waals surface area contributed by atoms with Crippen molar-refractivity contribution >= 4 is 6.03 Å². The molecule has 0 rings (SSSR count). The maximum Gasteiger partial charge on any atom is 0.315 e. The lowest BCUT2D eigenvalue weighted by Crippen LogP contribution is -2.42. The first-order valence-corrected chi connectivity index (χ1v) is 5.50. The summed E-state index contributed by atoms with van der Waals surface area (Å²) in [6.45, 7) is 8.83. The molecule has 0 saturated carbocycles. The lowest BCUT2D eigenvalue weighted by molar-refractivity contribution is 0.229. The minimum Gasteiger partial charge on any atom is -0.395 e. The molecule has 0 aromatic carbocycles. The van der Waals surface area contributed by atoms with Crippen LogP contribution in [-0.4, -0.2) is 30.3 Å². The molecule has 0 bridgehead atoms. The van der Waals surface area contributed by atoms with E-state index in [2.05, 4.69) is 31.4 Å². The van der Waals surface area contributed by atoms with E-state index in [0.717, 1.165) is 12.8 Å². The fraction of sp³-hybridized carbons (Fsp3) is 0.909. The standard InChI is InChI=1S/C11H24N2O2/c1-9(5-6-11(2,3)4)13-10(15)12-7-8-14/h9,14H,5-8H2,1-4H3,(H2,12,13,15). The molecular formula is C11H24N2O2. The van der Waals surface area contributed by atoms with Crippen LogP contribution in [0.2, 0.25) is 0 Å². The van der Waals surface area contributed by atoms with Crippen LogP contribution in [0.15, 0.2) is 0 Å². The fourth-order valence-corrected chi connectivity index (χ4v) is 1.17. The second-order valence-corrected chi connectivity index (χ2v) is 5.12. The number of aliphatic hydroxyl groups is 1. The van der Waals surface area contributed by atoms with E-state index in [1.807, 2.05) is 6.92 Å². The number of aliphatic hydroxyl groups excluding tert-OH is 1. The van der Waals surface area contributed by atoms with Gasteiger partial charge in [0.15, 0.2) is 0 Å². The smallest absolute Gasteiger partial charge is 0.315 e. The Balaban J connectivity index is 3.64. The number of nitrogens with one attached hydrogen (secondary N) is 2. The minimum atomic E-state index is -0.203. The predicted molar refractivity (Wildman–Crippen MR) is 61.8 cm³/mol. The van der Waals surface area contributed by atoms with E-state index in [1.165, 1.54) is 0 Å². The molecule has 0 saturated heterocycles. The number of carbonyl (C=O) groups excluding carboxylic acids is 1. The molecule has 1 unspecified atom stereocenters. The molecule has 0 radical (unpaired) electrons. The molecule has 0 aliphatic heterocycles. The Hall–Kier alpha value is -0.770. The van der Waals surface area contributed by atoms with Gasteiger partial charge >= 0.3 is 6.03 Å². The van der Waals surface area contributed by atoms with Gasteiger partial charge in [0.05, 0.1) is 6.61 Å². The zero-order chi connectivity index (χ0) is 11.9. The highest BCUT2D eigenvalue weighted by Crippen LogP contribution is 2.21. The van der Waals surface area contributed by atoms with E-state index in [9.17, 15) is 4.79 Å².